The average molecular weight is 356 g/mol. The first-order valence-electron chi connectivity index (χ1n) is 9.42. The lowest BCUT2D eigenvalue weighted by molar-refractivity contribution is 1.02. The van der Waals surface area contributed by atoms with E-state index in [9.17, 15) is 0 Å². The molecule has 4 nitrogen and oxygen atoms in total. The largest absolute Gasteiger partial charge is 0.298 e. The van der Waals surface area contributed by atoms with Crippen molar-refractivity contribution in [2.45, 2.75) is 40.5 Å². The molecule has 27 heavy (non-hydrogen) atoms. The van der Waals surface area contributed by atoms with Crippen molar-refractivity contribution in [3.63, 3.8) is 0 Å². The Labute approximate surface area is 160 Å². The van der Waals surface area contributed by atoms with Gasteiger partial charge in [-0.25, -0.2) is 15.0 Å². The monoisotopic (exact) mass is 356 g/mol. The van der Waals surface area contributed by atoms with Crippen molar-refractivity contribution >= 4 is 11.2 Å². The predicted octanol–water partition coefficient (Wildman–Crippen LogP) is 5.26. The summed E-state index contributed by atoms with van der Waals surface area (Å²) in [5.74, 6) is 0.766. The highest BCUT2D eigenvalue weighted by atomic mass is 15.0. The SMILES string of the molecule is CCc1ccn2c(-c3nc(C)ncc3C)c(C3=CC=C(C)CC=C3)nc2c1. The smallest absolute Gasteiger partial charge is 0.138 e. The van der Waals surface area contributed by atoms with E-state index in [-0.39, 0.29) is 0 Å². The summed E-state index contributed by atoms with van der Waals surface area (Å²) >= 11 is 0. The summed E-state index contributed by atoms with van der Waals surface area (Å²) in [6.07, 6.45) is 14.7. The maximum Gasteiger partial charge on any atom is 0.138 e. The minimum atomic E-state index is 0.766. The lowest BCUT2D eigenvalue weighted by Crippen LogP contribution is -1.99. The number of hydrogen-bond acceptors (Lipinski definition) is 3. The van der Waals surface area contributed by atoms with Gasteiger partial charge in [-0.2, -0.15) is 0 Å². The fourth-order valence-electron chi connectivity index (χ4n) is 3.39. The van der Waals surface area contributed by atoms with Crippen LogP contribution in [0.5, 0.6) is 0 Å². The summed E-state index contributed by atoms with van der Waals surface area (Å²) in [4.78, 5) is 14.1. The third-order valence-corrected chi connectivity index (χ3v) is 4.97. The molecule has 0 bridgehead atoms. The van der Waals surface area contributed by atoms with Crippen molar-refractivity contribution in [2.75, 3.05) is 0 Å². The Morgan fingerprint density at radius 1 is 1.07 bits per heavy atom. The van der Waals surface area contributed by atoms with Crippen LogP contribution >= 0.6 is 0 Å². The van der Waals surface area contributed by atoms with Crippen molar-refractivity contribution in [1.82, 2.24) is 19.4 Å². The van der Waals surface area contributed by atoms with Crippen LogP contribution in [0, 0.1) is 13.8 Å². The summed E-state index contributed by atoms with van der Waals surface area (Å²) in [5.41, 5.74) is 8.66. The summed E-state index contributed by atoms with van der Waals surface area (Å²) in [6.45, 7) is 8.30. The molecule has 1 aliphatic rings. The molecule has 3 heterocycles. The van der Waals surface area contributed by atoms with Gasteiger partial charge in [-0.05, 0) is 56.9 Å². The third-order valence-electron chi connectivity index (χ3n) is 4.97. The van der Waals surface area contributed by atoms with Gasteiger partial charge in [0.1, 0.15) is 11.5 Å². The van der Waals surface area contributed by atoms with E-state index in [4.69, 9.17) is 9.97 Å². The zero-order valence-electron chi connectivity index (χ0n) is 16.3. The Kier molecular flexibility index (Phi) is 4.48. The van der Waals surface area contributed by atoms with Gasteiger partial charge in [0.15, 0.2) is 0 Å². The molecule has 4 rings (SSSR count). The second-order valence-electron chi connectivity index (χ2n) is 7.12. The van der Waals surface area contributed by atoms with Crippen LogP contribution in [0.3, 0.4) is 0 Å². The van der Waals surface area contributed by atoms with Crippen LogP contribution in [-0.2, 0) is 6.42 Å². The maximum absolute atomic E-state index is 5.01. The number of rotatable bonds is 3. The van der Waals surface area contributed by atoms with Crippen molar-refractivity contribution in [3.8, 4) is 11.4 Å². The van der Waals surface area contributed by atoms with E-state index in [0.717, 1.165) is 52.5 Å². The number of nitrogens with zero attached hydrogens (tertiary/aromatic N) is 4. The van der Waals surface area contributed by atoms with E-state index in [1.807, 2.05) is 13.1 Å². The number of imidazole rings is 1. The van der Waals surface area contributed by atoms with E-state index in [2.05, 4.69) is 72.8 Å². The van der Waals surface area contributed by atoms with Crippen LogP contribution in [0.15, 0.2) is 54.4 Å². The maximum atomic E-state index is 5.01. The molecule has 0 radical (unpaired) electrons. The molecule has 0 saturated carbocycles. The Morgan fingerprint density at radius 3 is 2.74 bits per heavy atom. The topological polar surface area (TPSA) is 43.1 Å². The van der Waals surface area contributed by atoms with Crippen LogP contribution in [0.2, 0.25) is 0 Å². The molecule has 0 N–H and O–H groups in total. The first kappa shape index (κ1) is 17.4. The molecule has 0 spiro atoms. The highest BCUT2D eigenvalue weighted by Gasteiger charge is 2.20. The standard InChI is InChI=1S/C23H24N4/c1-5-18-11-12-27-20(13-18)26-22(19-8-6-7-15(2)9-10-19)23(27)21-16(3)14-24-17(4)25-21/h6,8-14H,5,7H2,1-4H3. The molecule has 0 atom stereocenters. The molecule has 0 unspecified atom stereocenters. The van der Waals surface area contributed by atoms with Gasteiger partial charge in [0.2, 0.25) is 0 Å². The van der Waals surface area contributed by atoms with E-state index >= 15 is 0 Å². The zero-order chi connectivity index (χ0) is 19.0. The number of aryl methyl sites for hydroxylation is 3. The predicted molar refractivity (Wildman–Crippen MR) is 111 cm³/mol. The highest BCUT2D eigenvalue weighted by Crippen LogP contribution is 2.32. The van der Waals surface area contributed by atoms with Crippen LogP contribution in [0.1, 0.15) is 42.9 Å². The van der Waals surface area contributed by atoms with Crippen LogP contribution < -0.4 is 0 Å². The molecule has 4 heteroatoms. The third kappa shape index (κ3) is 3.23. The van der Waals surface area contributed by atoms with E-state index < -0.39 is 0 Å². The lowest BCUT2D eigenvalue weighted by Gasteiger charge is -2.09. The Hall–Kier alpha value is -3.01. The van der Waals surface area contributed by atoms with E-state index in [0.29, 0.717) is 0 Å². The van der Waals surface area contributed by atoms with Gasteiger partial charge in [0.25, 0.3) is 0 Å². The fraction of sp³-hybridized carbons (Fsp3) is 0.261. The van der Waals surface area contributed by atoms with Gasteiger partial charge in [-0.3, -0.25) is 4.40 Å². The van der Waals surface area contributed by atoms with E-state index in [1.165, 1.54) is 11.1 Å². The molecule has 136 valence electrons. The molecule has 0 aromatic carbocycles. The minimum Gasteiger partial charge on any atom is -0.298 e. The van der Waals surface area contributed by atoms with Gasteiger partial charge in [-0.1, -0.05) is 36.8 Å². The highest BCUT2D eigenvalue weighted by molar-refractivity contribution is 5.85. The number of hydrogen-bond donors (Lipinski definition) is 0. The molecule has 0 amide bonds. The number of allylic oxidation sites excluding steroid dienone is 6. The van der Waals surface area contributed by atoms with Crippen LogP contribution in [0.25, 0.3) is 22.6 Å². The quantitative estimate of drug-likeness (QED) is 0.643. The lowest BCUT2D eigenvalue weighted by atomic mass is 10.1. The average Bonchev–Trinajstić information content (AvgIpc) is 2.90. The van der Waals surface area contributed by atoms with Crippen molar-refractivity contribution in [2.24, 2.45) is 0 Å². The zero-order valence-corrected chi connectivity index (χ0v) is 16.3. The van der Waals surface area contributed by atoms with Crippen molar-refractivity contribution in [1.29, 1.82) is 0 Å². The van der Waals surface area contributed by atoms with Gasteiger partial charge >= 0.3 is 0 Å². The number of fused-ring (bicyclic) bond motifs is 1. The van der Waals surface area contributed by atoms with E-state index in [1.54, 1.807) is 0 Å². The molecule has 0 aliphatic heterocycles. The molecular weight excluding hydrogens is 332 g/mol. The van der Waals surface area contributed by atoms with Crippen molar-refractivity contribution < 1.29 is 0 Å². The molecule has 0 fully saturated rings. The summed E-state index contributed by atoms with van der Waals surface area (Å²) in [7, 11) is 0. The molecule has 3 aromatic rings. The second-order valence-corrected chi connectivity index (χ2v) is 7.12. The van der Waals surface area contributed by atoms with Crippen LogP contribution in [-0.4, -0.2) is 19.4 Å². The van der Waals surface area contributed by atoms with Gasteiger partial charge in [0.05, 0.1) is 17.1 Å². The summed E-state index contributed by atoms with van der Waals surface area (Å²) in [6, 6.07) is 4.32. The Morgan fingerprint density at radius 2 is 1.93 bits per heavy atom. The molecule has 3 aromatic heterocycles. The first-order chi connectivity index (χ1) is 13.1. The van der Waals surface area contributed by atoms with Gasteiger partial charge in [-0.15, -0.1) is 0 Å². The summed E-state index contributed by atoms with van der Waals surface area (Å²) < 4.78 is 2.15. The summed E-state index contributed by atoms with van der Waals surface area (Å²) in [5, 5.41) is 0. The fourth-order valence-corrected chi connectivity index (χ4v) is 3.39. The molecular formula is C23H24N4. The Balaban J connectivity index is 2.04. The second kappa shape index (κ2) is 6.95. The minimum absolute atomic E-state index is 0.766. The van der Waals surface area contributed by atoms with Gasteiger partial charge in [0, 0.05) is 18.0 Å². The van der Waals surface area contributed by atoms with Gasteiger partial charge < -0.3 is 0 Å². The molecule has 1 aliphatic carbocycles. The molecule has 0 saturated heterocycles. The van der Waals surface area contributed by atoms with Crippen LogP contribution in [0.4, 0.5) is 0 Å². The number of pyridine rings is 1. The first-order valence-corrected chi connectivity index (χ1v) is 9.42. The van der Waals surface area contributed by atoms with Crippen molar-refractivity contribution in [3.05, 3.63) is 77.0 Å². The normalized spacial score (nSPS) is 14.2. The number of aromatic nitrogens is 4. The Bertz CT molecular complexity index is 1110.